The van der Waals surface area contributed by atoms with Gasteiger partial charge in [0.15, 0.2) is 6.33 Å². The van der Waals surface area contributed by atoms with Crippen molar-refractivity contribution in [2.45, 2.75) is 6.54 Å². The molecule has 2 rings (SSSR count). The zero-order valence-corrected chi connectivity index (χ0v) is 9.92. The van der Waals surface area contributed by atoms with Gasteiger partial charge in [-0.15, -0.1) is 20.4 Å². The van der Waals surface area contributed by atoms with Gasteiger partial charge in [0.25, 0.3) is 0 Å². The summed E-state index contributed by atoms with van der Waals surface area (Å²) in [5.41, 5.74) is 7.59. The molecule has 2 aromatic rings. The van der Waals surface area contributed by atoms with E-state index in [0.29, 0.717) is 12.4 Å². The van der Waals surface area contributed by atoms with Crippen LogP contribution in [0.1, 0.15) is 5.56 Å². The third-order valence-electron chi connectivity index (χ3n) is 1.94. The minimum Gasteiger partial charge on any atom is -0.326 e. The molecule has 0 amide bonds. The second-order valence-corrected chi connectivity index (χ2v) is 4.04. The summed E-state index contributed by atoms with van der Waals surface area (Å²) in [5, 5.41) is 15.1. The number of aromatic nitrogens is 4. The number of nitrogens with two attached hydrogens (primary N) is 1. The fourth-order valence-electron chi connectivity index (χ4n) is 1.17. The molecule has 0 aliphatic rings. The SMILES string of the molecule is NCc1ccc(-c2nncnn2)cc1I. The van der Waals surface area contributed by atoms with E-state index in [-0.39, 0.29) is 0 Å². The molecule has 0 aliphatic carbocycles. The van der Waals surface area contributed by atoms with Gasteiger partial charge in [-0.1, -0.05) is 12.1 Å². The van der Waals surface area contributed by atoms with Crippen molar-refractivity contribution in [1.82, 2.24) is 20.4 Å². The van der Waals surface area contributed by atoms with Crippen molar-refractivity contribution in [1.29, 1.82) is 0 Å². The van der Waals surface area contributed by atoms with Crippen molar-refractivity contribution in [3.05, 3.63) is 33.7 Å². The highest BCUT2D eigenvalue weighted by Crippen LogP contribution is 2.19. The van der Waals surface area contributed by atoms with E-state index in [2.05, 4.69) is 43.0 Å². The number of rotatable bonds is 2. The molecule has 15 heavy (non-hydrogen) atoms. The summed E-state index contributed by atoms with van der Waals surface area (Å²) in [6.07, 6.45) is 1.31. The Morgan fingerprint density at radius 1 is 1.20 bits per heavy atom. The number of benzene rings is 1. The first-order valence-electron chi connectivity index (χ1n) is 4.30. The highest BCUT2D eigenvalue weighted by molar-refractivity contribution is 14.1. The van der Waals surface area contributed by atoms with E-state index in [0.717, 1.165) is 14.7 Å². The molecule has 0 atom stereocenters. The zero-order valence-electron chi connectivity index (χ0n) is 7.76. The summed E-state index contributed by atoms with van der Waals surface area (Å²) in [6, 6.07) is 5.86. The van der Waals surface area contributed by atoms with Gasteiger partial charge in [-0.2, -0.15) is 0 Å². The van der Waals surface area contributed by atoms with Crippen molar-refractivity contribution in [3.63, 3.8) is 0 Å². The summed E-state index contributed by atoms with van der Waals surface area (Å²) in [5.74, 6) is 0.527. The molecule has 6 heteroatoms. The molecule has 2 N–H and O–H groups in total. The highest BCUT2D eigenvalue weighted by atomic mass is 127. The molecule has 0 bridgehead atoms. The third kappa shape index (κ3) is 2.26. The van der Waals surface area contributed by atoms with Crippen LogP contribution in [0.15, 0.2) is 24.5 Å². The lowest BCUT2D eigenvalue weighted by molar-refractivity contribution is 0.864. The monoisotopic (exact) mass is 313 g/mol. The van der Waals surface area contributed by atoms with Gasteiger partial charge in [-0.3, -0.25) is 0 Å². The Labute approximate surface area is 100 Å². The molecule has 0 radical (unpaired) electrons. The predicted octanol–water partition coefficient (Wildman–Crippen LogP) is 0.997. The molecule has 0 fully saturated rings. The fraction of sp³-hybridized carbons (Fsp3) is 0.111. The Balaban J connectivity index is 2.43. The van der Waals surface area contributed by atoms with Crippen LogP contribution >= 0.6 is 22.6 Å². The second kappa shape index (κ2) is 4.58. The maximum absolute atomic E-state index is 5.58. The summed E-state index contributed by atoms with van der Waals surface area (Å²) in [6.45, 7) is 0.532. The lowest BCUT2D eigenvalue weighted by atomic mass is 10.1. The molecule has 0 spiro atoms. The van der Waals surface area contributed by atoms with E-state index in [1.165, 1.54) is 6.33 Å². The van der Waals surface area contributed by atoms with Crippen LogP contribution < -0.4 is 5.73 Å². The molecule has 0 unspecified atom stereocenters. The van der Waals surface area contributed by atoms with Crippen molar-refractivity contribution in [3.8, 4) is 11.4 Å². The number of hydrogen-bond donors (Lipinski definition) is 1. The Morgan fingerprint density at radius 3 is 2.53 bits per heavy atom. The van der Waals surface area contributed by atoms with Crippen molar-refractivity contribution < 1.29 is 0 Å². The second-order valence-electron chi connectivity index (χ2n) is 2.88. The van der Waals surface area contributed by atoms with Crippen molar-refractivity contribution >= 4 is 22.6 Å². The molecule has 0 saturated carbocycles. The van der Waals surface area contributed by atoms with Gasteiger partial charge in [0, 0.05) is 15.7 Å². The number of nitrogens with zero attached hydrogens (tertiary/aromatic N) is 4. The summed E-state index contributed by atoms with van der Waals surface area (Å²) in [4.78, 5) is 0. The van der Waals surface area contributed by atoms with Crippen LogP contribution in [0.2, 0.25) is 0 Å². The summed E-state index contributed by atoms with van der Waals surface area (Å²) in [7, 11) is 0. The lowest BCUT2D eigenvalue weighted by Crippen LogP contribution is -2.00. The minimum absolute atomic E-state index is 0.527. The van der Waals surface area contributed by atoms with Gasteiger partial charge in [0.05, 0.1) is 0 Å². The molecule has 0 saturated heterocycles. The van der Waals surface area contributed by atoms with Gasteiger partial charge in [-0.05, 0) is 34.2 Å². The van der Waals surface area contributed by atoms with Crippen LogP contribution in [-0.4, -0.2) is 20.4 Å². The van der Waals surface area contributed by atoms with Crippen LogP contribution in [0.3, 0.4) is 0 Å². The number of halogens is 1. The Hall–Kier alpha value is -1.15. The maximum Gasteiger partial charge on any atom is 0.203 e. The van der Waals surface area contributed by atoms with Crippen LogP contribution in [0.25, 0.3) is 11.4 Å². The first-order valence-corrected chi connectivity index (χ1v) is 5.38. The first kappa shape index (κ1) is 10.4. The molecule has 1 heterocycles. The normalized spacial score (nSPS) is 10.3. The van der Waals surface area contributed by atoms with Crippen molar-refractivity contribution in [2.24, 2.45) is 5.73 Å². The summed E-state index contributed by atoms with van der Waals surface area (Å²) >= 11 is 2.24. The van der Waals surface area contributed by atoms with E-state index in [1.54, 1.807) is 0 Å². The van der Waals surface area contributed by atoms with E-state index in [4.69, 9.17) is 5.73 Å². The molecule has 1 aromatic heterocycles. The highest BCUT2D eigenvalue weighted by Gasteiger charge is 2.04. The molecule has 76 valence electrons. The Kier molecular flexibility index (Phi) is 3.17. The van der Waals surface area contributed by atoms with E-state index in [9.17, 15) is 0 Å². The average molecular weight is 313 g/mol. The Bertz CT molecular complexity index is 459. The molecule has 1 aromatic carbocycles. The molecule has 0 aliphatic heterocycles. The minimum atomic E-state index is 0.527. The van der Waals surface area contributed by atoms with Crippen LogP contribution in [0.4, 0.5) is 0 Å². The summed E-state index contributed by atoms with van der Waals surface area (Å²) < 4.78 is 1.10. The van der Waals surface area contributed by atoms with Gasteiger partial charge in [-0.25, -0.2) is 0 Å². The van der Waals surface area contributed by atoms with Crippen molar-refractivity contribution in [2.75, 3.05) is 0 Å². The standard InChI is InChI=1S/C9H8IN5/c10-8-3-6(1-2-7(8)4-11)9-14-12-5-13-15-9/h1-3,5H,4,11H2. The van der Waals surface area contributed by atoms with Crippen LogP contribution in [0.5, 0.6) is 0 Å². The van der Waals surface area contributed by atoms with Gasteiger partial charge in [0.1, 0.15) is 0 Å². The average Bonchev–Trinajstić information content (AvgIpc) is 2.30. The topological polar surface area (TPSA) is 77.6 Å². The van der Waals surface area contributed by atoms with E-state index >= 15 is 0 Å². The quantitative estimate of drug-likeness (QED) is 0.837. The van der Waals surface area contributed by atoms with Gasteiger partial charge >= 0.3 is 0 Å². The largest absolute Gasteiger partial charge is 0.326 e. The van der Waals surface area contributed by atoms with Crippen LogP contribution in [0, 0.1) is 3.57 Å². The fourth-order valence-corrected chi connectivity index (χ4v) is 1.91. The van der Waals surface area contributed by atoms with Gasteiger partial charge in [0.2, 0.25) is 5.82 Å². The van der Waals surface area contributed by atoms with E-state index < -0.39 is 0 Å². The molecular formula is C9H8IN5. The Morgan fingerprint density at radius 2 is 1.93 bits per heavy atom. The first-order chi connectivity index (χ1) is 7.31. The van der Waals surface area contributed by atoms with Crippen LogP contribution in [-0.2, 0) is 6.54 Å². The predicted molar refractivity (Wildman–Crippen MR) is 63.7 cm³/mol. The molecular weight excluding hydrogens is 305 g/mol. The molecule has 5 nitrogen and oxygen atoms in total. The third-order valence-corrected chi connectivity index (χ3v) is 2.94. The smallest absolute Gasteiger partial charge is 0.203 e. The lowest BCUT2D eigenvalue weighted by Gasteiger charge is -2.03. The maximum atomic E-state index is 5.58. The van der Waals surface area contributed by atoms with Gasteiger partial charge < -0.3 is 5.73 Å². The zero-order chi connectivity index (χ0) is 10.7. The number of hydrogen-bond acceptors (Lipinski definition) is 5. The van der Waals surface area contributed by atoms with E-state index in [1.807, 2.05) is 18.2 Å².